The molecule has 0 spiro atoms. The van der Waals surface area contributed by atoms with E-state index in [0.717, 1.165) is 30.2 Å². The van der Waals surface area contributed by atoms with Crippen molar-refractivity contribution >= 4 is 27.6 Å². The molecular weight excluding hydrogens is 420 g/mol. The average Bonchev–Trinajstić information content (AvgIpc) is 3.31. The number of anilines is 1. The lowest BCUT2D eigenvalue weighted by molar-refractivity contribution is 0.0266. The molecule has 0 N–H and O–H groups in total. The van der Waals surface area contributed by atoms with Gasteiger partial charge in [-0.25, -0.2) is 22.3 Å². The Balaban J connectivity index is 1.71. The van der Waals surface area contributed by atoms with Gasteiger partial charge >= 0.3 is 11.9 Å². The number of ether oxygens (including phenoxy) is 2. The van der Waals surface area contributed by atoms with Gasteiger partial charge in [0.15, 0.2) is 0 Å². The second-order valence-corrected chi connectivity index (χ2v) is 9.45. The third-order valence-electron chi connectivity index (χ3n) is 4.97. The van der Waals surface area contributed by atoms with Crippen LogP contribution in [0.1, 0.15) is 33.6 Å². The molecule has 1 fully saturated rings. The highest BCUT2D eigenvalue weighted by molar-refractivity contribution is 7.89. The summed E-state index contributed by atoms with van der Waals surface area (Å²) in [6.45, 7) is 1.33. The SMILES string of the molecule is CN(C)S(=O)(=O)c1ccc(N2CCCC2)c(C(=O)OCCOC(=O)c2ccccc2)c1. The zero-order valence-electron chi connectivity index (χ0n) is 17.6. The van der Waals surface area contributed by atoms with Crippen LogP contribution < -0.4 is 4.90 Å². The Bertz CT molecular complexity index is 1030. The van der Waals surface area contributed by atoms with Gasteiger partial charge in [0.2, 0.25) is 10.0 Å². The molecule has 0 bridgehead atoms. The molecule has 1 heterocycles. The van der Waals surface area contributed by atoms with Crippen LogP contribution in [0.3, 0.4) is 0 Å². The van der Waals surface area contributed by atoms with Gasteiger partial charge < -0.3 is 14.4 Å². The molecular formula is C22H26N2O6S. The first-order chi connectivity index (χ1) is 14.8. The fourth-order valence-electron chi connectivity index (χ4n) is 3.29. The quantitative estimate of drug-likeness (QED) is 0.454. The van der Waals surface area contributed by atoms with Crippen LogP contribution in [-0.4, -0.2) is 65.1 Å². The maximum absolute atomic E-state index is 12.8. The topological polar surface area (TPSA) is 93.2 Å². The Morgan fingerprint density at radius 1 is 0.935 bits per heavy atom. The number of esters is 2. The third-order valence-corrected chi connectivity index (χ3v) is 6.78. The first kappa shape index (κ1) is 22.8. The minimum absolute atomic E-state index is 0.0166. The van der Waals surface area contributed by atoms with Crippen LogP contribution in [0.25, 0.3) is 0 Å². The van der Waals surface area contributed by atoms with E-state index in [1.807, 2.05) is 4.90 Å². The van der Waals surface area contributed by atoms with E-state index in [2.05, 4.69) is 0 Å². The predicted octanol–water partition coefficient (Wildman–Crippen LogP) is 2.55. The summed E-state index contributed by atoms with van der Waals surface area (Å²) in [4.78, 5) is 26.8. The number of carbonyl (C=O) groups is 2. The summed E-state index contributed by atoms with van der Waals surface area (Å²) in [5.74, 6) is -1.16. The Labute approximate surface area is 182 Å². The molecule has 0 aliphatic carbocycles. The summed E-state index contributed by atoms with van der Waals surface area (Å²) in [6, 6.07) is 13.0. The molecule has 166 valence electrons. The molecule has 0 atom stereocenters. The van der Waals surface area contributed by atoms with Gasteiger partial charge in [0.05, 0.1) is 21.7 Å². The highest BCUT2D eigenvalue weighted by atomic mass is 32.2. The van der Waals surface area contributed by atoms with Crippen molar-refractivity contribution in [1.29, 1.82) is 0 Å². The van der Waals surface area contributed by atoms with Crippen LogP contribution in [0.2, 0.25) is 0 Å². The number of hydrogen-bond acceptors (Lipinski definition) is 7. The molecule has 1 aliphatic rings. The van der Waals surface area contributed by atoms with Gasteiger partial charge in [-0.1, -0.05) is 18.2 Å². The van der Waals surface area contributed by atoms with Gasteiger partial charge in [0.1, 0.15) is 13.2 Å². The van der Waals surface area contributed by atoms with E-state index in [0.29, 0.717) is 11.3 Å². The van der Waals surface area contributed by atoms with Gasteiger partial charge in [-0.05, 0) is 43.2 Å². The molecule has 0 amide bonds. The lowest BCUT2D eigenvalue weighted by Gasteiger charge is -2.22. The predicted molar refractivity (Wildman–Crippen MR) is 116 cm³/mol. The van der Waals surface area contributed by atoms with Gasteiger partial charge in [-0.2, -0.15) is 0 Å². The lowest BCUT2D eigenvalue weighted by atomic mass is 10.1. The Morgan fingerprint density at radius 3 is 2.16 bits per heavy atom. The van der Waals surface area contributed by atoms with Crippen LogP contribution in [-0.2, 0) is 19.5 Å². The Hall–Kier alpha value is -2.91. The molecule has 1 saturated heterocycles. The van der Waals surface area contributed by atoms with Crippen molar-refractivity contribution in [1.82, 2.24) is 4.31 Å². The number of rotatable bonds is 8. The number of carbonyl (C=O) groups excluding carboxylic acids is 2. The van der Waals surface area contributed by atoms with E-state index in [4.69, 9.17) is 9.47 Å². The van der Waals surface area contributed by atoms with Crippen LogP contribution in [0.15, 0.2) is 53.4 Å². The summed E-state index contributed by atoms with van der Waals surface area (Å²) < 4.78 is 36.5. The van der Waals surface area contributed by atoms with E-state index in [1.165, 1.54) is 26.2 Å². The highest BCUT2D eigenvalue weighted by Crippen LogP contribution is 2.28. The summed E-state index contributed by atoms with van der Waals surface area (Å²) in [5, 5.41) is 0. The largest absolute Gasteiger partial charge is 0.458 e. The molecule has 0 aromatic heterocycles. The molecule has 2 aromatic rings. The second-order valence-electron chi connectivity index (χ2n) is 7.30. The fraction of sp³-hybridized carbons (Fsp3) is 0.364. The van der Waals surface area contributed by atoms with Crippen molar-refractivity contribution in [3.63, 3.8) is 0 Å². The smallest absolute Gasteiger partial charge is 0.340 e. The van der Waals surface area contributed by atoms with Gasteiger partial charge in [-0.15, -0.1) is 0 Å². The minimum Gasteiger partial charge on any atom is -0.458 e. The van der Waals surface area contributed by atoms with Crippen molar-refractivity contribution < 1.29 is 27.5 Å². The van der Waals surface area contributed by atoms with E-state index in [1.54, 1.807) is 36.4 Å². The average molecular weight is 447 g/mol. The van der Waals surface area contributed by atoms with Crippen LogP contribution >= 0.6 is 0 Å². The first-order valence-corrected chi connectivity index (χ1v) is 11.5. The zero-order chi connectivity index (χ0) is 22.4. The summed E-state index contributed by atoms with van der Waals surface area (Å²) in [5.41, 5.74) is 1.23. The zero-order valence-corrected chi connectivity index (χ0v) is 18.4. The Morgan fingerprint density at radius 2 is 1.55 bits per heavy atom. The summed E-state index contributed by atoms with van der Waals surface area (Å²) in [7, 11) is -0.836. The summed E-state index contributed by atoms with van der Waals surface area (Å²) in [6.07, 6.45) is 2.00. The maximum atomic E-state index is 12.8. The van der Waals surface area contributed by atoms with Gasteiger partial charge in [0, 0.05) is 27.2 Å². The van der Waals surface area contributed by atoms with Crippen molar-refractivity contribution in [3.8, 4) is 0 Å². The van der Waals surface area contributed by atoms with Crippen molar-refractivity contribution in [2.45, 2.75) is 17.7 Å². The first-order valence-electron chi connectivity index (χ1n) is 10.0. The number of hydrogen-bond donors (Lipinski definition) is 0. The third kappa shape index (κ3) is 5.42. The monoisotopic (exact) mass is 446 g/mol. The number of nitrogens with zero attached hydrogens (tertiary/aromatic N) is 2. The van der Waals surface area contributed by atoms with Crippen LogP contribution in [0, 0.1) is 0 Å². The Kier molecular flexibility index (Phi) is 7.29. The summed E-state index contributed by atoms with van der Waals surface area (Å²) >= 11 is 0. The van der Waals surface area contributed by atoms with Crippen LogP contribution in [0.4, 0.5) is 5.69 Å². The molecule has 2 aromatic carbocycles. The van der Waals surface area contributed by atoms with Crippen LogP contribution in [0.5, 0.6) is 0 Å². The molecule has 3 rings (SSSR count). The molecule has 9 heteroatoms. The van der Waals surface area contributed by atoms with Crippen molar-refractivity contribution in [2.24, 2.45) is 0 Å². The number of sulfonamides is 1. The molecule has 1 aliphatic heterocycles. The molecule has 0 saturated carbocycles. The molecule has 8 nitrogen and oxygen atoms in total. The van der Waals surface area contributed by atoms with Crippen molar-refractivity contribution in [3.05, 3.63) is 59.7 Å². The lowest BCUT2D eigenvalue weighted by Crippen LogP contribution is -2.25. The molecule has 0 radical (unpaired) electrons. The van der Waals surface area contributed by atoms with E-state index in [9.17, 15) is 18.0 Å². The highest BCUT2D eigenvalue weighted by Gasteiger charge is 2.25. The van der Waals surface area contributed by atoms with E-state index >= 15 is 0 Å². The normalized spacial score (nSPS) is 14.0. The van der Waals surface area contributed by atoms with Gasteiger partial charge in [-0.3, -0.25) is 0 Å². The maximum Gasteiger partial charge on any atom is 0.340 e. The van der Waals surface area contributed by atoms with Crippen molar-refractivity contribution in [2.75, 3.05) is 45.3 Å². The van der Waals surface area contributed by atoms with Gasteiger partial charge in [0.25, 0.3) is 0 Å². The van der Waals surface area contributed by atoms with E-state index < -0.39 is 22.0 Å². The molecule has 0 unspecified atom stereocenters. The molecule has 31 heavy (non-hydrogen) atoms. The number of benzene rings is 2. The minimum atomic E-state index is -3.70. The fourth-order valence-corrected chi connectivity index (χ4v) is 4.22. The standard InChI is InChI=1S/C22H26N2O6S/c1-23(2)31(27,28)18-10-11-20(24-12-6-7-13-24)19(16-18)22(26)30-15-14-29-21(25)17-8-4-3-5-9-17/h3-5,8-11,16H,6-7,12-15H2,1-2H3. The second kappa shape index (κ2) is 9.93. The van der Waals surface area contributed by atoms with E-state index in [-0.39, 0.29) is 23.7 Å².